The SMILES string of the molecule is CC1(C)CC(=O)C=C(NNC(=O)CC23CC4CC(CC(C4)C2)C3)C1. The summed E-state index contributed by atoms with van der Waals surface area (Å²) in [5, 5.41) is 0. The molecule has 4 fully saturated rings. The van der Waals surface area contributed by atoms with Crippen molar-refractivity contribution < 1.29 is 9.59 Å². The second-order valence-electron chi connectivity index (χ2n) is 9.92. The van der Waals surface area contributed by atoms with Crippen LogP contribution in [0.1, 0.15) is 71.6 Å². The number of nitrogens with one attached hydrogen (secondary N) is 2. The molecule has 24 heavy (non-hydrogen) atoms. The fraction of sp³-hybridized carbons (Fsp3) is 0.800. The van der Waals surface area contributed by atoms with Crippen LogP contribution in [0.15, 0.2) is 11.8 Å². The van der Waals surface area contributed by atoms with E-state index in [0.29, 0.717) is 12.8 Å². The van der Waals surface area contributed by atoms with E-state index < -0.39 is 0 Å². The van der Waals surface area contributed by atoms with Gasteiger partial charge < -0.3 is 5.43 Å². The van der Waals surface area contributed by atoms with Crippen molar-refractivity contribution in [2.24, 2.45) is 28.6 Å². The Kier molecular flexibility index (Phi) is 3.77. The van der Waals surface area contributed by atoms with E-state index in [1.54, 1.807) is 6.08 Å². The van der Waals surface area contributed by atoms with Crippen molar-refractivity contribution in [3.05, 3.63) is 11.8 Å². The standard InChI is InChI=1S/C20H30N2O2/c1-19(2)10-16(6-17(23)11-19)21-22-18(24)12-20-7-13-3-14(8-20)5-15(4-13)9-20/h6,13-15,21H,3-5,7-12H2,1-2H3,(H,22,24). The first-order valence-electron chi connectivity index (χ1n) is 9.59. The fourth-order valence-electron chi connectivity index (χ4n) is 6.47. The van der Waals surface area contributed by atoms with E-state index in [-0.39, 0.29) is 22.5 Å². The Bertz CT molecular complexity index is 555. The Morgan fingerprint density at radius 3 is 2.21 bits per heavy atom. The molecule has 0 heterocycles. The van der Waals surface area contributed by atoms with Crippen LogP contribution in [-0.4, -0.2) is 11.7 Å². The van der Waals surface area contributed by atoms with Crippen molar-refractivity contribution in [2.75, 3.05) is 0 Å². The summed E-state index contributed by atoms with van der Waals surface area (Å²) in [6.07, 6.45) is 11.7. The first-order chi connectivity index (χ1) is 11.3. The van der Waals surface area contributed by atoms with Gasteiger partial charge in [-0.1, -0.05) is 13.8 Å². The number of carbonyl (C=O) groups excluding carboxylic acids is 2. The Morgan fingerprint density at radius 2 is 1.67 bits per heavy atom. The van der Waals surface area contributed by atoms with Crippen molar-refractivity contribution in [1.82, 2.24) is 10.9 Å². The van der Waals surface area contributed by atoms with Crippen LogP contribution in [0, 0.1) is 28.6 Å². The monoisotopic (exact) mass is 330 g/mol. The molecule has 0 radical (unpaired) electrons. The predicted molar refractivity (Wildman–Crippen MR) is 92.6 cm³/mol. The highest BCUT2D eigenvalue weighted by molar-refractivity contribution is 5.91. The summed E-state index contributed by atoms with van der Waals surface area (Å²) < 4.78 is 0. The maximum Gasteiger partial charge on any atom is 0.238 e. The molecule has 2 N–H and O–H groups in total. The molecule has 5 rings (SSSR count). The summed E-state index contributed by atoms with van der Waals surface area (Å²) in [6, 6.07) is 0. The summed E-state index contributed by atoms with van der Waals surface area (Å²) >= 11 is 0. The van der Waals surface area contributed by atoms with E-state index in [2.05, 4.69) is 24.7 Å². The highest BCUT2D eigenvalue weighted by Gasteiger charge is 2.51. The normalized spacial score (nSPS) is 39.5. The zero-order valence-electron chi connectivity index (χ0n) is 15.0. The van der Waals surface area contributed by atoms with Crippen molar-refractivity contribution in [3.63, 3.8) is 0 Å². The van der Waals surface area contributed by atoms with Gasteiger partial charge in [-0.2, -0.15) is 0 Å². The molecule has 0 aliphatic heterocycles. The molecule has 4 bridgehead atoms. The highest BCUT2D eigenvalue weighted by atomic mass is 16.2. The number of carbonyl (C=O) groups is 2. The Balaban J connectivity index is 1.34. The average Bonchev–Trinajstić information content (AvgIpc) is 2.41. The van der Waals surface area contributed by atoms with Gasteiger partial charge in [0.2, 0.25) is 5.91 Å². The van der Waals surface area contributed by atoms with Crippen LogP contribution in [0.5, 0.6) is 0 Å². The van der Waals surface area contributed by atoms with E-state index in [1.807, 2.05) is 0 Å². The molecule has 132 valence electrons. The molecule has 4 nitrogen and oxygen atoms in total. The lowest BCUT2D eigenvalue weighted by molar-refractivity contribution is -0.130. The summed E-state index contributed by atoms with van der Waals surface area (Å²) in [7, 11) is 0. The first-order valence-corrected chi connectivity index (χ1v) is 9.59. The number of rotatable bonds is 4. The number of hydrogen-bond donors (Lipinski definition) is 2. The summed E-state index contributed by atoms with van der Waals surface area (Å²) in [5.74, 6) is 2.85. The molecule has 0 spiro atoms. The smallest absolute Gasteiger partial charge is 0.238 e. The van der Waals surface area contributed by atoms with Gasteiger partial charge in [-0.05, 0) is 73.5 Å². The van der Waals surface area contributed by atoms with Crippen LogP contribution in [0.4, 0.5) is 0 Å². The van der Waals surface area contributed by atoms with Crippen LogP contribution in [0.3, 0.4) is 0 Å². The number of hydrogen-bond acceptors (Lipinski definition) is 3. The van der Waals surface area contributed by atoms with E-state index in [1.165, 1.54) is 38.5 Å². The van der Waals surface area contributed by atoms with Gasteiger partial charge in [-0.25, -0.2) is 0 Å². The van der Waals surface area contributed by atoms with Gasteiger partial charge in [0.05, 0.1) is 0 Å². The first kappa shape index (κ1) is 16.2. The van der Waals surface area contributed by atoms with Gasteiger partial charge in [0, 0.05) is 24.6 Å². The molecule has 0 atom stereocenters. The van der Waals surface area contributed by atoms with Crippen molar-refractivity contribution in [2.45, 2.75) is 71.6 Å². The summed E-state index contributed by atoms with van der Waals surface area (Å²) in [4.78, 5) is 24.3. The zero-order chi connectivity index (χ0) is 16.9. The second kappa shape index (κ2) is 5.60. The van der Waals surface area contributed by atoms with Gasteiger partial charge in [0.1, 0.15) is 0 Å². The minimum atomic E-state index is -0.0289. The third-order valence-electron chi connectivity index (χ3n) is 6.72. The van der Waals surface area contributed by atoms with Crippen LogP contribution >= 0.6 is 0 Å². The van der Waals surface area contributed by atoms with Gasteiger partial charge in [0.25, 0.3) is 0 Å². The lowest BCUT2D eigenvalue weighted by atomic mass is 9.49. The third kappa shape index (κ3) is 3.25. The Hall–Kier alpha value is -1.32. The fourth-order valence-corrected chi connectivity index (χ4v) is 6.47. The Labute approximate surface area is 144 Å². The number of allylic oxidation sites excluding steroid dienone is 2. The Morgan fingerprint density at radius 1 is 1.08 bits per heavy atom. The van der Waals surface area contributed by atoms with E-state index >= 15 is 0 Å². The summed E-state index contributed by atoms with van der Waals surface area (Å²) in [5.41, 5.74) is 6.98. The van der Waals surface area contributed by atoms with Gasteiger partial charge in [-0.15, -0.1) is 0 Å². The number of amides is 1. The van der Waals surface area contributed by atoms with Crippen LogP contribution in [0.2, 0.25) is 0 Å². The molecular weight excluding hydrogens is 300 g/mol. The molecule has 4 heteroatoms. The minimum Gasteiger partial charge on any atom is -0.303 e. The third-order valence-corrected chi connectivity index (χ3v) is 6.72. The van der Waals surface area contributed by atoms with Gasteiger partial charge in [0.15, 0.2) is 5.78 Å². The quantitative estimate of drug-likeness (QED) is 0.776. The van der Waals surface area contributed by atoms with Crippen LogP contribution < -0.4 is 10.9 Å². The van der Waals surface area contributed by atoms with Crippen LogP contribution in [0.25, 0.3) is 0 Å². The molecule has 5 aliphatic rings. The van der Waals surface area contributed by atoms with Gasteiger partial charge in [-0.3, -0.25) is 15.0 Å². The number of ketones is 1. The van der Waals surface area contributed by atoms with Crippen molar-refractivity contribution >= 4 is 11.7 Å². The molecule has 0 saturated heterocycles. The predicted octanol–water partition coefficient (Wildman–Crippen LogP) is 3.49. The average molecular weight is 330 g/mol. The molecular formula is C20H30N2O2. The molecule has 1 amide bonds. The largest absolute Gasteiger partial charge is 0.303 e. The molecule has 0 aromatic rings. The highest BCUT2D eigenvalue weighted by Crippen LogP contribution is 2.61. The maximum atomic E-state index is 12.5. The van der Waals surface area contributed by atoms with Gasteiger partial charge >= 0.3 is 0 Å². The lowest BCUT2D eigenvalue weighted by Crippen LogP contribution is -2.49. The molecule has 5 aliphatic carbocycles. The van der Waals surface area contributed by atoms with Crippen molar-refractivity contribution in [3.8, 4) is 0 Å². The summed E-state index contributed by atoms with van der Waals surface area (Å²) in [6.45, 7) is 4.19. The molecule has 4 saturated carbocycles. The molecule has 0 aromatic carbocycles. The van der Waals surface area contributed by atoms with Crippen molar-refractivity contribution in [1.29, 1.82) is 0 Å². The molecule has 0 unspecified atom stereocenters. The topological polar surface area (TPSA) is 58.2 Å². The zero-order valence-corrected chi connectivity index (χ0v) is 15.0. The maximum absolute atomic E-state index is 12.5. The number of hydrazine groups is 1. The van der Waals surface area contributed by atoms with Crippen LogP contribution in [-0.2, 0) is 9.59 Å². The lowest BCUT2D eigenvalue weighted by Gasteiger charge is -2.56. The van der Waals surface area contributed by atoms with E-state index in [4.69, 9.17) is 0 Å². The second-order valence-corrected chi connectivity index (χ2v) is 9.92. The minimum absolute atomic E-state index is 0.0289. The van der Waals surface area contributed by atoms with E-state index in [0.717, 1.165) is 29.9 Å². The van der Waals surface area contributed by atoms with E-state index in [9.17, 15) is 9.59 Å². The molecule has 0 aromatic heterocycles.